The zero-order valence-corrected chi connectivity index (χ0v) is 16.6. The normalized spacial score (nSPS) is 12.0. The van der Waals surface area contributed by atoms with Gasteiger partial charge in [0.1, 0.15) is 0 Å². The third kappa shape index (κ3) is 1.83. The lowest BCUT2D eigenvalue weighted by Gasteiger charge is -2.17. The molecule has 0 aliphatic rings. The molecule has 0 radical (unpaired) electrons. The van der Waals surface area contributed by atoms with Crippen molar-refractivity contribution in [3.63, 3.8) is 0 Å². The quantitative estimate of drug-likeness (QED) is 0.311. The molecule has 0 atom stereocenters. The summed E-state index contributed by atoms with van der Waals surface area (Å²) in [6.07, 6.45) is 0. The highest BCUT2D eigenvalue weighted by molar-refractivity contribution is 6.25. The van der Waals surface area contributed by atoms with Gasteiger partial charge in [-0.2, -0.15) is 0 Å². The SMILES string of the molecule is Cc1c(C)c(C)c2c(c1C)c1cccc(C)c1c1c2[n+](C)c(C)n1C. The molecule has 0 amide bonds. The Balaban J connectivity index is 2.57. The maximum Gasteiger partial charge on any atom is 0.253 e. The summed E-state index contributed by atoms with van der Waals surface area (Å²) in [6.45, 7) is 13.5. The minimum atomic E-state index is 1.28. The molecule has 0 unspecified atom stereocenters. The zero-order chi connectivity index (χ0) is 18.2. The molecule has 25 heavy (non-hydrogen) atoms. The maximum atomic E-state index is 2.37. The van der Waals surface area contributed by atoms with Gasteiger partial charge in [-0.05, 0) is 73.2 Å². The van der Waals surface area contributed by atoms with Gasteiger partial charge in [-0.15, -0.1) is 0 Å². The predicted octanol–water partition coefficient (Wildman–Crippen LogP) is 5.16. The van der Waals surface area contributed by atoms with E-state index in [1.165, 1.54) is 66.2 Å². The van der Waals surface area contributed by atoms with Gasteiger partial charge in [0.05, 0.1) is 14.1 Å². The summed E-state index contributed by atoms with van der Waals surface area (Å²) >= 11 is 0. The summed E-state index contributed by atoms with van der Waals surface area (Å²) in [5.74, 6) is 1.28. The molecular formula is C23H27N2+. The maximum absolute atomic E-state index is 2.37. The Hall–Kier alpha value is -2.35. The van der Waals surface area contributed by atoms with Gasteiger partial charge >= 0.3 is 0 Å². The molecule has 0 fully saturated rings. The van der Waals surface area contributed by atoms with E-state index >= 15 is 0 Å². The number of aromatic nitrogens is 2. The van der Waals surface area contributed by atoms with Gasteiger partial charge in [0.2, 0.25) is 0 Å². The Morgan fingerprint density at radius 2 is 1.36 bits per heavy atom. The Morgan fingerprint density at radius 1 is 0.760 bits per heavy atom. The number of imidazole rings is 1. The van der Waals surface area contributed by atoms with Gasteiger partial charge < -0.3 is 0 Å². The van der Waals surface area contributed by atoms with Crippen molar-refractivity contribution >= 4 is 32.6 Å². The van der Waals surface area contributed by atoms with Gasteiger partial charge in [-0.1, -0.05) is 18.2 Å². The molecule has 4 rings (SSSR count). The summed E-state index contributed by atoms with van der Waals surface area (Å²) in [4.78, 5) is 0. The highest BCUT2D eigenvalue weighted by Crippen LogP contribution is 2.40. The van der Waals surface area contributed by atoms with Crippen LogP contribution in [-0.4, -0.2) is 4.57 Å². The van der Waals surface area contributed by atoms with Crippen LogP contribution in [0, 0.1) is 41.5 Å². The Kier molecular flexibility index (Phi) is 3.28. The van der Waals surface area contributed by atoms with Crippen molar-refractivity contribution in [1.29, 1.82) is 0 Å². The molecule has 0 aliphatic carbocycles. The van der Waals surface area contributed by atoms with Crippen molar-refractivity contribution in [2.24, 2.45) is 14.1 Å². The van der Waals surface area contributed by atoms with E-state index in [4.69, 9.17) is 0 Å². The summed E-state index contributed by atoms with van der Waals surface area (Å²) in [7, 11) is 4.39. The highest BCUT2D eigenvalue weighted by atomic mass is 15.1. The molecule has 0 N–H and O–H groups in total. The fourth-order valence-electron chi connectivity index (χ4n) is 4.57. The van der Waals surface area contributed by atoms with E-state index in [-0.39, 0.29) is 0 Å². The standard InChI is InChI=1S/C23H27N2/c1-12-10-9-11-18-19(12)22-23(25(8)17(6)24(22)7)21-16(5)14(3)13(2)15(4)20(18)21/h9-11H,1-8H3/q+1. The van der Waals surface area contributed by atoms with Crippen LogP contribution in [0.15, 0.2) is 18.2 Å². The first-order valence-corrected chi connectivity index (χ1v) is 9.03. The molecule has 1 heterocycles. The number of hydrogen-bond acceptors (Lipinski definition) is 0. The van der Waals surface area contributed by atoms with Crippen molar-refractivity contribution < 1.29 is 4.57 Å². The highest BCUT2D eigenvalue weighted by Gasteiger charge is 2.26. The molecule has 0 aliphatic heterocycles. The zero-order valence-electron chi connectivity index (χ0n) is 16.6. The first kappa shape index (κ1) is 16.1. The van der Waals surface area contributed by atoms with Crippen LogP contribution in [0.25, 0.3) is 32.6 Å². The molecule has 0 saturated heterocycles. The van der Waals surface area contributed by atoms with Crippen LogP contribution in [0.4, 0.5) is 0 Å². The largest absolute Gasteiger partial charge is 0.253 e. The van der Waals surface area contributed by atoms with E-state index in [2.05, 4.69) is 83.0 Å². The van der Waals surface area contributed by atoms with Crippen LogP contribution in [0.5, 0.6) is 0 Å². The van der Waals surface area contributed by atoms with Gasteiger partial charge in [-0.25, -0.2) is 9.13 Å². The van der Waals surface area contributed by atoms with Crippen molar-refractivity contribution in [3.05, 3.63) is 51.8 Å². The second kappa shape index (κ2) is 5.08. The molecule has 4 aromatic rings. The van der Waals surface area contributed by atoms with Crippen molar-refractivity contribution in [2.75, 3.05) is 0 Å². The lowest BCUT2D eigenvalue weighted by Crippen LogP contribution is -2.31. The van der Waals surface area contributed by atoms with E-state index in [0.717, 1.165) is 0 Å². The number of rotatable bonds is 0. The Labute approximate surface area is 149 Å². The average molecular weight is 331 g/mol. The van der Waals surface area contributed by atoms with Crippen LogP contribution in [0.1, 0.15) is 33.6 Å². The smallest absolute Gasteiger partial charge is 0.230 e. The molecule has 2 nitrogen and oxygen atoms in total. The van der Waals surface area contributed by atoms with Crippen LogP contribution in [0.3, 0.4) is 0 Å². The topological polar surface area (TPSA) is 8.81 Å². The third-order valence-corrected chi connectivity index (χ3v) is 6.57. The number of aryl methyl sites for hydroxylation is 5. The molecule has 2 heteroatoms. The van der Waals surface area contributed by atoms with Crippen molar-refractivity contribution in [1.82, 2.24) is 4.57 Å². The number of fused-ring (bicyclic) bond motifs is 6. The number of nitrogens with zero attached hydrogens (tertiary/aromatic N) is 2. The van der Waals surface area contributed by atoms with Gasteiger partial charge in [0.15, 0.2) is 11.0 Å². The molecule has 3 aromatic carbocycles. The molecule has 0 bridgehead atoms. The predicted molar refractivity (Wildman–Crippen MR) is 108 cm³/mol. The average Bonchev–Trinajstić information content (AvgIpc) is 2.81. The van der Waals surface area contributed by atoms with Gasteiger partial charge in [0, 0.05) is 17.7 Å². The minimum absolute atomic E-state index is 1.28. The van der Waals surface area contributed by atoms with Gasteiger partial charge in [-0.3, -0.25) is 0 Å². The van der Waals surface area contributed by atoms with E-state index in [9.17, 15) is 0 Å². The van der Waals surface area contributed by atoms with Crippen LogP contribution < -0.4 is 4.57 Å². The van der Waals surface area contributed by atoms with E-state index in [1.54, 1.807) is 0 Å². The minimum Gasteiger partial charge on any atom is -0.230 e. The molecular weight excluding hydrogens is 304 g/mol. The first-order chi connectivity index (χ1) is 11.8. The van der Waals surface area contributed by atoms with E-state index in [0.29, 0.717) is 0 Å². The fraction of sp³-hybridized carbons (Fsp3) is 0.348. The lowest BCUT2D eigenvalue weighted by atomic mass is 9.87. The van der Waals surface area contributed by atoms with E-state index in [1.807, 2.05) is 0 Å². The van der Waals surface area contributed by atoms with E-state index < -0.39 is 0 Å². The second-order valence-corrected chi connectivity index (χ2v) is 7.61. The van der Waals surface area contributed by atoms with Crippen LogP contribution in [-0.2, 0) is 14.1 Å². The summed E-state index contributed by atoms with van der Waals surface area (Å²) in [6, 6.07) is 6.73. The summed E-state index contributed by atoms with van der Waals surface area (Å²) in [5.41, 5.74) is 9.72. The Morgan fingerprint density at radius 3 is 2.00 bits per heavy atom. The molecule has 0 saturated carbocycles. The fourth-order valence-corrected chi connectivity index (χ4v) is 4.57. The van der Waals surface area contributed by atoms with Crippen LogP contribution >= 0.6 is 0 Å². The number of hydrogen-bond donors (Lipinski definition) is 0. The Bertz CT molecular complexity index is 1210. The first-order valence-electron chi connectivity index (χ1n) is 9.03. The number of benzene rings is 3. The van der Waals surface area contributed by atoms with Crippen LogP contribution in [0.2, 0.25) is 0 Å². The monoisotopic (exact) mass is 331 g/mol. The van der Waals surface area contributed by atoms with Crippen molar-refractivity contribution in [2.45, 2.75) is 41.5 Å². The molecule has 1 aromatic heterocycles. The van der Waals surface area contributed by atoms with Crippen molar-refractivity contribution in [3.8, 4) is 0 Å². The molecule has 128 valence electrons. The third-order valence-electron chi connectivity index (χ3n) is 6.57. The summed E-state index contributed by atoms with van der Waals surface area (Å²) in [5, 5.41) is 5.61. The second-order valence-electron chi connectivity index (χ2n) is 7.61. The summed E-state index contributed by atoms with van der Waals surface area (Å²) < 4.78 is 4.72. The molecule has 0 spiro atoms. The lowest BCUT2D eigenvalue weighted by molar-refractivity contribution is -0.651. The van der Waals surface area contributed by atoms with Gasteiger partial charge in [0.25, 0.3) is 5.82 Å².